The van der Waals surface area contributed by atoms with E-state index < -0.39 is 0 Å². The molecule has 1 saturated heterocycles. The third-order valence-corrected chi connectivity index (χ3v) is 4.97. The summed E-state index contributed by atoms with van der Waals surface area (Å²) in [7, 11) is 6.21. The molecule has 7 heteroatoms. The molecule has 30 heavy (non-hydrogen) atoms. The highest BCUT2D eigenvalue weighted by molar-refractivity contribution is 6.15. The number of hydrogen-bond donors (Lipinski definition) is 0. The lowest BCUT2D eigenvalue weighted by atomic mass is 9.88. The molecule has 0 aromatic heterocycles. The Bertz CT molecular complexity index is 930. The predicted octanol–water partition coefficient (Wildman–Crippen LogP) is 4.15. The Morgan fingerprint density at radius 1 is 0.900 bits per heavy atom. The first kappa shape index (κ1) is 21.4. The van der Waals surface area contributed by atoms with Gasteiger partial charge in [0.2, 0.25) is 5.75 Å². The summed E-state index contributed by atoms with van der Waals surface area (Å²) in [4.78, 5) is 14.4. The SMILES string of the molecule is C=C1C(=O)N(c2cc(OC)c(OC)c(OC)c2)C1c1ccc(OC)c(OCCC)c1. The van der Waals surface area contributed by atoms with Gasteiger partial charge >= 0.3 is 0 Å². The summed E-state index contributed by atoms with van der Waals surface area (Å²) in [5.74, 6) is 2.51. The molecule has 1 aliphatic heterocycles. The maximum Gasteiger partial charge on any atom is 0.256 e. The Kier molecular flexibility index (Phi) is 6.40. The molecule has 3 rings (SSSR count). The van der Waals surface area contributed by atoms with Crippen LogP contribution in [0.2, 0.25) is 0 Å². The van der Waals surface area contributed by atoms with Crippen LogP contribution in [-0.4, -0.2) is 41.0 Å². The molecule has 1 atom stereocenters. The average molecular weight is 413 g/mol. The Morgan fingerprint density at radius 2 is 1.53 bits per heavy atom. The third kappa shape index (κ3) is 3.63. The van der Waals surface area contributed by atoms with Gasteiger partial charge in [0.25, 0.3) is 5.91 Å². The number of β-lactam (4-membered cyclic amide) rings is 1. The standard InChI is InChI=1S/C23H27NO6/c1-7-10-30-18-11-15(8-9-17(18)26-3)21-14(2)23(25)24(21)16-12-19(27-4)22(29-6)20(13-16)28-5/h8-9,11-13,21H,2,7,10H2,1,3-6H3. The van der Waals surface area contributed by atoms with Crippen molar-refractivity contribution in [3.05, 3.63) is 48.0 Å². The van der Waals surface area contributed by atoms with E-state index in [4.69, 9.17) is 23.7 Å². The van der Waals surface area contributed by atoms with E-state index in [1.165, 1.54) is 21.3 Å². The minimum Gasteiger partial charge on any atom is -0.493 e. The van der Waals surface area contributed by atoms with Crippen molar-refractivity contribution in [3.63, 3.8) is 0 Å². The summed E-state index contributed by atoms with van der Waals surface area (Å²) in [6, 6.07) is 8.79. The molecule has 1 amide bonds. The monoisotopic (exact) mass is 413 g/mol. The van der Waals surface area contributed by atoms with Crippen molar-refractivity contribution in [2.24, 2.45) is 0 Å². The molecule has 1 aliphatic rings. The highest BCUT2D eigenvalue weighted by atomic mass is 16.5. The summed E-state index contributed by atoms with van der Waals surface area (Å²) in [5.41, 5.74) is 1.99. The number of carbonyl (C=O) groups is 1. The van der Waals surface area contributed by atoms with Crippen LogP contribution in [0.3, 0.4) is 0 Å². The highest BCUT2D eigenvalue weighted by Crippen LogP contribution is 2.48. The first-order chi connectivity index (χ1) is 14.5. The molecule has 2 aromatic rings. The number of rotatable bonds is 9. The van der Waals surface area contributed by atoms with Gasteiger partial charge in [-0.1, -0.05) is 19.6 Å². The van der Waals surface area contributed by atoms with Gasteiger partial charge in [-0.2, -0.15) is 0 Å². The highest BCUT2D eigenvalue weighted by Gasteiger charge is 2.43. The molecule has 2 aromatic carbocycles. The molecule has 1 heterocycles. The number of anilines is 1. The molecule has 0 spiro atoms. The Labute approximate surface area is 176 Å². The Morgan fingerprint density at radius 3 is 2.07 bits per heavy atom. The van der Waals surface area contributed by atoms with E-state index in [1.807, 2.05) is 25.1 Å². The fraction of sp³-hybridized carbons (Fsp3) is 0.348. The molecule has 160 valence electrons. The van der Waals surface area contributed by atoms with Crippen molar-refractivity contribution in [2.45, 2.75) is 19.4 Å². The van der Waals surface area contributed by atoms with Gasteiger partial charge in [-0.3, -0.25) is 9.69 Å². The van der Waals surface area contributed by atoms with E-state index >= 15 is 0 Å². The summed E-state index contributed by atoms with van der Waals surface area (Å²) in [6.45, 7) is 6.58. The third-order valence-electron chi connectivity index (χ3n) is 4.97. The molecule has 1 fully saturated rings. The number of ether oxygens (including phenoxy) is 5. The number of hydrogen-bond acceptors (Lipinski definition) is 6. The second-order valence-electron chi connectivity index (χ2n) is 6.75. The summed E-state index contributed by atoms with van der Waals surface area (Å²) in [5, 5.41) is 0. The van der Waals surface area contributed by atoms with Gasteiger partial charge < -0.3 is 23.7 Å². The lowest BCUT2D eigenvalue weighted by Gasteiger charge is -2.42. The van der Waals surface area contributed by atoms with Crippen LogP contribution in [0, 0.1) is 0 Å². The minimum absolute atomic E-state index is 0.166. The van der Waals surface area contributed by atoms with Gasteiger partial charge in [0.15, 0.2) is 23.0 Å². The number of benzene rings is 2. The van der Waals surface area contributed by atoms with Crippen LogP contribution in [0.1, 0.15) is 24.9 Å². The zero-order valence-electron chi connectivity index (χ0n) is 18.0. The largest absolute Gasteiger partial charge is 0.493 e. The van der Waals surface area contributed by atoms with Crippen LogP contribution in [0.4, 0.5) is 5.69 Å². The summed E-state index contributed by atoms with van der Waals surface area (Å²) >= 11 is 0. The maximum atomic E-state index is 12.7. The van der Waals surface area contributed by atoms with Crippen molar-refractivity contribution in [1.29, 1.82) is 0 Å². The number of amides is 1. The van der Waals surface area contributed by atoms with E-state index in [1.54, 1.807) is 24.1 Å². The van der Waals surface area contributed by atoms with Gasteiger partial charge in [-0.25, -0.2) is 0 Å². The van der Waals surface area contributed by atoms with Crippen LogP contribution in [0.25, 0.3) is 0 Å². The predicted molar refractivity (Wildman–Crippen MR) is 114 cm³/mol. The fourth-order valence-electron chi connectivity index (χ4n) is 3.49. The van der Waals surface area contributed by atoms with Gasteiger partial charge in [0, 0.05) is 17.7 Å². The van der Waals surface area contributed by atoms with E-state index in [2.05, 4.69) is 6.58 Å². The molecule has 0 radical (unpaired) electrons. The number of carbonyl (C=O) groups excluding carboxylic acids is 1. The lowest BCUT2D eigenvalue weighted by Crippen LogP contribution is -2.48. The first-order valence-electron chi connectivity index (χ1n) is 9.63. The molecule has 0 aliphatic carbocycles. The van der Waals surface area contributed by atoms with Crippen LogP contribution < -0.4 is 28.6 Å². The topological polar surface area (TPSA) is 66.5 Å². The average Bonchev–Trinajstić information content (AvgIpc) is 2.79. The Balaban J connectivity index is 2.03. The van der Waals surface area contributed by atoms with Crippen molar-refractivity contribution in [2.75, 3.05) is 39.9 Å². The van der Waals surface area contributed by atoms with Crippen molar-refractivity contribution in [3.8, 4) is 28.7 Å². The molecular formula is C23H27NO6. The summed E-state index contributed by atoms with van der Waals surface area (Å²) in [6.07, 6.45) is 0.875. The van der Waals surface area contributed by atoms with E-state index in [-0.39, 0.29) is 11.9 Å². The normalized spacial score (nSPS) is 15.5. The number of nitrogens with zero attached hydrogens (tertiary/aromatic N) is 1. The lowest BCUT2D eigenvalue weighted by molar-refractivity contribution is -0.118. The van der Waals surface area contributed by atoms with Crippen molar-refractivity contribution >= 4 is 11.6 Å². The van der Waals surface area contributed by atoms with Gasteiger partial charge in [0.05, 0.1) is 46.8 Å². The molecule has 7 nitrogen and oxygen atoms in total. The minimum atomic E-state index is -0.338. The second-order valence-corrected chi connectivity index (χ2v) is 6.75. The quantitative estimate of drug-likeness (QED) is 0.454. The molecular weight excluding hydrogens is 386 g/mol. The van der Waals surface area contributed by atoms with Crippen LogP contribution in [0.15, 0.2) is 42.5 Å². The molecule has 1 unspecified atom stereocenters. The van der Waals surface area contributed by atoms with Gasteiger partial charge in [-0.05, 0) is 24.1 Å². The zero-order chi connectivity index (χ0) is 21.8. The fourth-order valence-corrected chi connectivity index (χ4v) is 3.49. The van der Waals surface area contributed by atoms with Gasteiger partial charge in [0.1, 0.15) is 0 Å². The van der Waals surface area contributed by atoms with E-state index in [0.717, 1.165) is 12.0 Å². The molecule has 0 N–H and O–H groups in total. The molecule has 0 bridgehead atoms. The number of methoxy groups -OCH3 is 4. The smallest absolute Gasteiger partial charge is 0.256 e. The van der Waals surface area contributed by atoms with Crippen LogP contribution >= 0.6 is 0 Å². The molecule has 0 saturated carbocycles. The Hall–Kier alpha value is -3.35. The van der Waals surface area contributed by atoms with Crippen molar-refractivity contribution in [1.82, 2.24) is 0 Å². The maximum absolute atomic E-state index is 12.7. The van der Waals surface area contributed by atoms with E-state index in [0.29, 0.717) is 46.6 Å². The van der Waals surface area contributed by atoms with Crippen molar-refractivity contribution < 1.29 is 28.5 Å². The van der Waals surface area contributed by atoms with Gasteiger partial charge in [-0.15, -0.1) is 0 Å². The van der Waals surface area contributed by atoms with E-state index in [9.17, 15) is 4.79 Å². The first-order valence-corrected chi connectivity index (χ1v) is 9.63. The van der Waals surface area contributed by atoms with Crippen LogP contribution in [0.5, 0.6) is 28.7 Å². The zero-order valence-corrected chi connectivity index (χ0v) is 18.0. The second kappa shape index (κ2) is 8.98. The van der Waals surface area contributed by atoms with Crippen LogP contribution in [-0.2, 0) is 4.79 Å². The summed E-state index contributed by atoms with van der Waals surface area (Å²) < 4.78 is 27.5.